The van der Waals surface area contributed by atoms with Crippen LogP contribution in [-0.2, 0) is 11.2 Å². The van der Waals surface area contributed by atoms with Gasteiger partial charge in [0, 0.05) is 16.8 Å². The van der Waals surface area contributed by atoms with Gasteiger partial charge in [-0.2, -0.15) is 0 Å². The number of methoxy groups -OCH3 is 3. The van der Waals surface area contributed by atoms with Crippen LogP contribution in [0.2, 0.25) is 5.02 Å². The maximum Gasteiger partial charge on any atom is 0.356 e. The van der Waals surface area contributed by atoms with Crippen molar-refractivity contribution in [2.24, 2.45) is 5.73 Å². The first kappa shape index (κ1) is 20.9. The molecule has 0 bridgehead atoms. The summed E-state index contributed by atoms with van der Waals surface area (Å²) in [5.41, 5.74) is 7.98. The Bertz CT molecular complexity index is 804. The summed E-state index contributed by atoms with van der Waals surface area (Å²) in [6.45, 7) is 2.50. The number of esters is 1. The minimum Gasteiger partial charge on any atom is -0.493 e. The monoisotopic (exact) mass is 396 g/mol. The molecule has 0 saturated heterocycles. The molecule has 27 heavy (non-hydrogen) atoms. The van der Waals surface area contributed by atoms with Crippen LogP contribution in [0.1, 0.15) is 29.5 Å². The number of rotatable bonds is 9. The van der Waals surface area contributed by atoms with E-state index >= 15 is 0 Å². The first-order chi connectivity index (χ1) is 13.0. The molecule has 0 aliphatic carbocycles. The quantitative estimate of drug-likeness (QED) is 0.630. The van der Waals surface area contributed by atoms with Gasteiger partial charge in [-0.3, -0.25) is 0 Å². The van der Waals surface area contributed by atoms with Gasteiger partial charge in [0.15, 0.2) is 11.5 Å². The lowest BCUT2D eigenvalue weighted by Crippen LogP contribution is -2.06. The Hall–Kier alpha value is -2.38. The zero-order valence-electron chi connectivity index (χ0n) is 16.0. The summed E-state index contributed by atoms with van der Waals surface area (Å²) >= 11 is 6.58. The average Bonchev–Trinajstić information content (AvgIpc) is 3.01. The van der Waals surface area contributed by atoms with Crippen LogP contribution in [0.15, 0.2) is 12.1 Å². The molecule has 0 fully saturated rings. The predicted molar refractivity (Wildman–Crippen MR) is 104 cm³/mol. The molecule has 3 N–H and O–H groups in total. The van der Waals surface area contributed by atoms with Crippen LogP contribution in [0.4, 0.5) is 0 Å². The lowest BCUT2D eigenvalue weighted by atomic mass is 10.0. The van der Waals surface area contributed by atoms with Crippen molar-refractivity contribution in [2.45, 2.75) is 19.8 Å². The van der Waals surface area contributed by atoms with E-state index in [1.54, 1.807) is 20.1 Å². The molecule has 0 radical (unpaired) electrons. The highest BCUT2D eigenvalue weighted by atomic mass is 35.5. The number of halogens is 1. The van der Waals surface area contributed by atoms with E-state index in [1.807, 2.05) is 6.07 Å². The van der Waals surface area contributed by atoms with E-state index in [1.165, 1.54) is 14.2 Å². The molecule has 8 heteroatoms. The van der Waals surface area contributed by atoms with E-state index in [0.717, 1.165) is 12.1 Å². The number of carbonyl (C=O) groups is 1. The Balaban J connectivity index is 2.71. The smallest absolute Gasteiger partial charge is 0.356 e. The van der Waals surface area contributed by atoms with Gasteiger partial charge in [0.05, 0.1) is 33.0 Å². The Labute approximate surface area is 163 Å². The van der Waals surface area contributed by atoms with Crippen molar-refractivity contribution in [3.8, 4) is 28.4 Å². The fourth-order valence-electron chi connectivity index (χ4n) is 2.91. The molecular formula is C19H25ClN2O5. The topological polar surface area (TPSA) is 95.8 Å². The maximum atomic E-state index is 12.3. The second kappa shape index (κ2) is 9.53. The van der Waals surface area contributed by atoms with Crippen LogP contribution < -0.4 is 19.9 Å². The molecule has 148 valence electrons. The number of carbonyl (C=O) groups excluding carboxylic acids is 1. The van der Waals surface area contributed by atoms with E-state index < -0.39 is 5.97 Å². The molecule has 0 amide bonds. The molecule has 1 aromatic heterocycles. The average molecular weight is 397 g/mol. The van der Waals surface area contributed by atoms with Crippen molar-refractivity contribution in [1.82, 2.24) is 4.98 Å². The fourth-order valence-corrected chi connectivity index (χ4v) is 3.26. The molecular weight excluding hydrogens is 372 g/mol. The largest absolute Gasteiger partial charge is 0.493 e. The SMILES string of the molecule is CCOC(=O)c1[nH]c(CCCN)c(-c2ccc(OC)c(OC)c2OC)c1Cl. The first-order valence-corrected chi connectivity index (χ1v) is 8.98. The van der Waals surface area contributed by atoms with Crippen LogP contribution in [0.5, 0.6) is 17.2 Å². The second-order valence-corrected chi connectivity index (χ2v) is 6.04. The van der Waals surface area contributed by atoms with Gasteiger partial charge in [0.25, 0.3) is 0 Å². The van der Waals surface area contributed by atoms with E-state index in [4.69, 9.17) is 36.3 Å². The van der Waals surface area contributed by atoms with Crippen LogP contribution in [0, 0.1) is 0 Å². The number of hydrogen-bond acceptors (Lipinski definition) is 6. The van der Waals surface area contributed by atoms with Crippen molar-refractivity contribution in [1.29, 1.82) is 0 Å². The third kappa shape index (κ3) is 4.14. The molecule has 0 aliphatic heterocycles. The standard InChI is InChI=1S/C19H25ClN2O5/c1-5-27-19(23)16-15(20)14(12(22-16)7-6-10-21)11-8-9-13(24-2)18(26-4)17(11)25-3/h8-9,22H,5-7,10,21H2,1-4H3. The van der Waals surface area contributed by atoms with E-state index in [9.17, 15) is 4.79 Å². The maximum absolute atomic E-state index is 12.3. The third-order valence-corrected chi connectivity index (χ3v) is 4.48. The zero-order valence-corrected chi connectivity index (χ0v) is 16.7. The Morgan fingerprint density at radius 2 is 1.85 bits per heavy atom. The summed E-state index contributed by atoms with van der Waals surface area (Å²) in [4.78, 5) is 15.4. The van der Waals surface area contributed by atoms with Gasteiger partial charge in [-0.15, -0.1) is 0 Å². The van der Waals surface area contributed by atoms with Crippen molar-refractivity contribution in [3.63, 3.8) is 0 Å². The van der Waals surface area contributed by atoms with Crippen LogP contribution in [-0.4, -0.2) is 45.4 Å². The molecule has 0 spiro atoms. The molecule has 2 rings (SSSR count). The highest BCUT2D eigenvalue weighted by Crippen LogP contribution is 2.47. The van der Waals surface area contributed by atoms with E-state index in [0.29, 0.717) is 41.3 Å². The summed E-state index contributed by atoms with van der Waals surface area (Å²) in [6.07, 6.45) is 1.34. The second-order valence-electron chi connectivity index (χ2n) is 5.66. The molecule has 0 unspecified atom stereocenters. The van der Waals surface area contributed by atoms with Gasteiger partial charge in [0.1, 0.15) is 5.69 Å². The van der Waals surface area contributed by atoms with Gasteiger partial charge in [-0.1, -0.05) is 11.6 Å². The number of nitrogens with two attached hydrogens (primary N) is 1. The number of H-pyrrole nitrogens is 1. The summed E-state index contributed by atoms with van der Waals surface area (Å²) in [6, 6.07) is 3.58. The number of benzene rings is 1. The van der Waals surface area contributed by atoms with Crippen molar-refractivity contribution in [3.05, 3.63) is 28.5 Å². The summed E-state index contributed by atoms with van der Waals surface area (Å²) in [5.74, 6) is 0.917. The summed E-state index contributed by atoms with van der Waals surface area (Å²) in [7, 11) is 4.61. The van der Waals surface area contributed by atoms with E-state index in [-0.39, 0.29) is 17.3 Å². The molecule has 0 saturated carbocycles. The molecule has 1 heterocycles. The van der Waals surface area contributed by atoms with Gasteiger partial charge < -0.3 is 29.7 Å². The fraction of sp³-hybridized carbons (Fsp3) is 0.421. The minimum atomic E-state index is -0.512. The number of aromatic nitrogens is 1. The Kier molecular flexibility index (Phi) is 7.38. The highest BCUT2D eigenvalue weighted by Gasteiger charge is 2.27. The van der Waals surface area contributed by atoms with Crippen molar-refractivity contribution >= 4 is 17.6 Å². The number of aromatic amines is 1. The van der Waals surface area contributed by atoms with Gasteiger partial charge in [0.2, 0.25) is 5.75 Å². The number of aryl methyl sites for hydroxylation is 1. The van der Waals surface area contributed by atoms with Crippen LogP contribution in [0.3, 0.4) is 0 Å². The lowest BCUT2D eigenvalue weighted by molar-refractivity contribution is 0.0520. The number of hydrogen-bond donors (Lipinski definition) is 2. The van der Waals surface area contributed by atoms with Gasteiger partial charge in [-0.25, -0.2) is 4.79 Å². The molecule has 7 nitrogen and oxygen atoms in total. The normalized spacial score (nSPS) is 10.6. The number of nitrogens with one attached hydrogen (secondary N) is 1. The molecule has 0 aliphatic rings. The molecule has 0 atom stereocenters. The minimum absolute atomic E-state index is 0.206. The Morgan fingerprint density at radius 3 is 2.41 bits per heavy atom. The summed E-state index contributed by atoms with van der Waals surface area (Å²) < 4.78 is 21.5. The van der Waals surface area contributed by atoms with Gasteiger partial charge >= 0.3 is 5.97 Å². The van der Waals surface area contributed by atoms with Gasteiger partial charge in [-0.05, 0) is 38.4 Å². The lowest BCUT2D eigenvalue weighted by Gasteiger charge is -2.16. The van der Waals surface area contributed by atoms with E-state index in [2.05, 4.69) is 4.98 Å². The van der Waals surface area contributed by atoms with Crippen LogP contribution in [0.25, 0.3) is 11.1 Å². The molecule has 2 aromatic rings. The zero-order chi connectivity index (χ0) is 20.0. The van der Waals surface area contributed by atoms with Crippen molar-refractivity contribution < 1.29 is 23.7 Å². The molecule has 1 aromatic carbocycles. The number of ether oxygens (including phenoxy) is 4. The highest BCUT2D eigenvalue weighted by molar-refractivity contribution is 6.36. The van der Waals surface area contributed by atoms with Crippen LogP contribution >= 0.6 is 11.6 Å². The van der Waals surface area contributed by atoms with Crippen molar-refractivity contribution in [2.75, 3.05) is 34.5 Å². The third-order valence-electron chi connectivity index (χ3n) is 4.10. The summed E-state index contributed by atoms with van der Waals surface area (Å²) in [5, 5.41) is 0.269. The first-order valence-electron chi connectivity index (χ1n) is 8.60. The Morgan fingerprint density at radius 1 is 1.15 bits per heavy atom. The predicted octanol–water partition coefficient (Wildman–Crippen LogP) is 3.43.